The Morgan fingerprint density at radius 3 is 2.56 bits per heavy atom. The fourth-order valence-electron chi connectivity index (χ4n) is 4.36. The third-order valence-electron chi connectivity index (χ3n) is 6.01. The van der Waals surface area contributed by atoms with E-state index in [0.717, 1.165) is 22.8 Å². The van der Waals surface area contributed by atoms with Crippen LogP contribution in [0.5, 0.6) is 0 Å². The molecule has 0 radical (unpaired) electrons. The molecule has 6 heteroatoms. The van der Waals surface area contributed by atoms with Crippen molar-refractivity contribution < 1.29 is 4.42 Å². The highest BCUT2D eigenvalue weighted by molar-refractivity contribution is 7.80. The standard InChI is InChI=1S/C26H26N4OS/c1-18(2)19-10-12-20(13-11-19)30-25(24(28-26(30)32)22-8-3-4-14-27-22)23-9-5-15-29(23)17-21-7-6-16-31-21/h3-16,18,24-25H,17H2,1-2H3,(H,28,32)/t24-,25+/m0/s1. The first-order valence-electron chi connectivity index (χ1n) is 10.9. The number of aromatic nitrogens is 2. The Bertz CT molecular complexity index is 1180. The SMILES string of the molecule is CC(C)c1ccc(N2C(=S)N[C@@H](c3ccccn3)[C@H]2c2cccn2Cc2ccco2)cc1. The number of hydrogen-bond donors (Lipinski definition) is 1. The summed E-state index contributed by atoms with van der Waals surface area (Å²) in [4.78, 5) is 6.86. The number of pyridine rings is 1. The number of benzene rings is 1. The van der Waals surface area contributed by atoms with Crippen LogP contribution in [0, 0.1) is 0 Å². The molecule has 2 atom stereocenters. The van der Waals surface area contributed by atoms with Crippen LogP contribution in [-0.4, -0.2) is 14.7 Å². The van der Waals surface area contributed by atoms with Gasteiger partial charge in [0.1, 0.15) is 11.8 Å². The highest BCUT2D eigenvalue weighted by atomic mass is 32.1. The summed E-state index contributed by atoms with van der Waals surface area (Å²) < 4.78 is 7.84. The van der Waals surface area contributed by atoms with Crippen LogP contribution in [0.3, 0.4) is 0 Å². The Labute approximate surface area is 193 Å². The van der Waals surface area contributed by atoms with Crippen LogP contribution in [0.15, 0.2) is 89.8 Å². The molecule has 0 bridgehead atoms. The molecule has 0 unspecified atom stereocenters. The van der Waals surface area contributed by atoms with Gasteiger partial charge in [0.2, 0.25) is 0 Å². The van der Waals surface area contributed by atoms with Gasteiger partial charge in [-0.15, -0.1) is 0 Å². The summed E-state index contributed by atoms with van der Waals surface area (Å²) in [5, 5.41) is 4.24. The van der Waals surface area contributed by atoms with Gasteiger partial charge in [-0.3, -0.25) is 4.98 Å². The minimum absolute atomic E-state index is 0.0488. The van der Waals surface area contributed by atoms with Gasteiger partial charge in [-0.2, -0.15) is 0 Å². The number of hydrogen-bond acceptors (Lipinski definition) is 3. The second-order valence-electron chi connectivity index (χ2n) is 8.38. The lowest BCUT2D eigenvalue weighted by molar-refractivity contribution is 0.475. The predicted octanol–water partition coefficient (Wildman–Crippen LogP) is 5.82. The minimum atomic E-state index is -0.0706. The summed E-state index contributed by atoms with van der Waals surface area (Å²) in [7, 11) is 0. The van der Waals surface area contributed by atoms with Gasteiger partial charge in [0.15, 0.2) is 5.11 Å². The number of anilines is 1. The summed E-state index contributed by atoms with van der Waals surface area (Å²) in [5.74, 6) is 1.40. The van der Waals surface area contributed by atoms with Crippen LogP contribution in [0.25, 0.3) is 0 Å². The van der Waals surface area contributed by atoms with E-state index in [-0.39, 0.29) is 12.1 Å². The summed E-state index contributed by atoms with van der Waals surface area (Å²) in [5.41, 5.74) is 4.50. The molecule has 162 valence electrons. The molecule has 0 amide bonds. The molecule has 1 aliphatic heterocycles. The van der Waals surface area contributed by atoms with E-state index in [9.17, 15) is 0 Å². The fourth-order valence-corrected chi connectivity index (χ4v) is 4.71. The molecule has 0 saturated carbocycles. The number of rotatable bonds is 6. The van der Waals surface area contributed by atoms with E-state index < -0.39 is 0 Å². The van der Waals surface area contributed by atoms with Crippen molar-refractivity contribution in [2.75, 3.05) is 4.90 Å². The lowest BCUT2D eigenvalue weighted by atomic mass is 9.99. The molecule has 32 heavy (non-hydrogen) atoms. The predicted molar refractivity (Wildman–Crippen MR) is 131 cm³/mol. The molecule has 0 spiro atoms. The number of nitrogens with zero attached hydrogens (tertiary/aromatic N) is 3. The molecule has 1 saturated heterocycles. The molecule has 4 heterocycles. The fraction of sp³-hybridized carbons (Fsp3) is 0.231. The van der Waals surface area contributed by atoms with E-state index in [4.69, 9.17) is 16.6 Å². The zero-order valence-electron chi connectivity index (χ0n) is 18.2. The van der Waals surface area contributed by atoms with Crippen molar-refractivity contribution in [3.63, 3.8) is 0 Å². The smallest absolute Gasteiger partial charge is 0.174 e. The Kier molecular flexibility index (Phi) is 5.53. The van der Waals surface area contributed by atoms with Gasteiger partial charge in [-0.05, 0) is 72.2 Å². The molecule has 1 N–H and O–H groups in total. The zero-order chi connectivity index (χ0) is 22.1. The first-order chi connectivity index (χ1) is 15.6. The zero-order valence-corrected chi connectivity index (χ0v) is 19.0. The maximum absolute atomic E-state index is 5.85. The van der Waals surface area contributed by atoms with E-state index >= 15 is 0 Å². The molecule has 1 aliphatic rings. The third kappa shape index (κ3) is 3.82. The van der Waals surface area contributed by atoms with Gasteiger partial charge in [0.25, 0.3) is 0 Å². The Morgan fingerprint density at radius 2 is 1.88 bits per heavy atom. The summed E-state index contributed by atoms with van der Waals surface area (Å²) >= 11 is 5.85. The van der Waals surface area contributed by atoms with E-state index in [1.54, 1.807) is 6.26 Å². The molecular formula is C26H26N4OS. The summed E-state index contributed by atoms with van der Waals surface area (Å²) in [6.07, 6.45) is 5.64. The first kappa shape index (κ1) is 20.5. The van der Waals surface area contributed by atoms with Gasteiger partial charge in [-0.1, -0.05) is 32.0 Å². The van der Waals surface area contributed by atoms with Crippen molar-refractivity contribution in [3.8, 4) is 0 Å². The van der Waals surface area contributed by atoms with Gasteiger partial charge in [0.05, 0.1) is 24.5 Å². The number of furan rings is 1. The lowest BCUT2D eigenvalue weighted by Crippen LogP contribution is -2.30. The van der Waals surface area contributed by atoms with Crippen molar-refractivity contribution in [1.29, 1.82) is 0 Å². The quantitative estimate of drug-likeness (QED) is 0.381. The maximum atomic E-state index is 5.85. The highest BCUT2D eigenvalue weighted by Gasteiger charge is 2.42. The van der Waals surface area contributed by atoms with E-state index in [2.05, 4.69) is 82.3 Å². The summed E-state index contributed by atoms with van der Waals surface area (Å²) in [6.45, 7) is 5.07. The van der Waals surface area contributed by atoms with Crippen molar-refractivity contribution in [2.24, 2.45) is 0 Å². The molecule has 4 aromatic rings. The maximum Gasteiger partial charge on any atom is 0.174 e. The van der Waals surface area contributed by atoms with Crippen LogP contribution < -0.4 is 10.2 Å². The van der Waals surface area contributed by atoms with Gasteiger partial charge >= 0.3 is 0 Å². The lowest BCUT2D eigenvalue weighted by Gasteiger charge is -2.29. The van der Waals surface area contributed by atoms with Crippen LogP contribution in [0.1, 0.15) is 54.6 Å². The van der Waals surface area contributed by atoms with Crippen LogP contribution in [-0.2, 0) is 6.54 Å². The van der Waals surface area contributed by atoms with E-state index in [1.165, 1.54) is 5.56 Å². The Morgan fingerprint density at radius 1 is 1.03 bits per heavy atom. The molecule has 1 fully saturated rings. The normalized spacial score (nSPS) is 18.3. The topological polar surface area (TPSA) is 46.2 Å². The van der Waals surface area contributed by atoms with Gasteiger partial charge in [-0.25, -0.2) is 0 Å². The highest BCUT2D eigenvalue weighted by Crippen LogP contribution is 2.42. The largest absolute Gasteiger partial charge is 0.467 e. The monoisotopic (exact) mass is 442 g/mol. The molecule has 5 rings (SSSR count). The molecule has 1 aromatic carbocycles. The number of nitrogens with one attached hydrogen (secondary N) is 1. The Hall–Kier alpha value is -3.38. The second-order valence-corrected chi connectivity index (χ2v) is 8.77. The van der Waals surface area contributed by atoms with E-state index in [0.29, 0.717) is 17.6 Å². The van der Waals surface area contributed by atoms with Crippen LogP contribution >= 0.6 is 12.2 Å². The first-order valence-corrected chi connectivity index (χ1v) is 11.3. The molecule has 0 aliphatic carbocycles. The average molecular weight is 443 g/mol. The van der Waals surface area contributed by atoms with Crippen molar-refractivity contribution in [3.05, 3.63) is 108 Å². The summed E-state index contributed by atoms with van der Waals surface area (Å²) in [6, 6.07) is 22.8. The Balaban J connectivity index is 1.58. The molecular weight excluding hydrogens is 416 g/mol. The second kappa shape index (κ2) is 8.63. The molecule has 5 nitrogen and oxygen atoms in total. The molecule has 3 aromatic heterocycles. The average Bonchev–Trinajstić information content (AvgIpc) is 3.55. The van der Waals surface area contributed by atoms with E-state index in [1.807, 2.05) is 30.5 Å². The number of thiocarbonyl (C=S) groups is 1. The van der Waals surface area contributed by atoms with Crippen LogP contribution in [0.2, 0.25) is 0 Å². The third-order valence-corrected chi connectivity index (χ3v) is 6.32. The van der Waals surface area contributed by atoms with Gasteiger partial charge < -0.3 is 19.2 Å². The van der Waals surface area contributed by atoms with Crippen molar-refractivity contribution >= 4 is 23.0 Å². The van der Waals surface area contributed by atoms with Crippen LogP contribution in [0.4, 0.5) is 5.69 Å². The van der Waals surface area contributed by atoms with Crippen molar-refractivity contribution in [2.45, 2.75) is 38.4 Å². The minimum Gasteiger partial charge on any atom is -0.467 e. The van der Waals surface area contributed by atoms with Gasteiger partial charge in [0, 0.05) is 23.8 Å². The van der Waals surface area contributed by atoms with Crippen molar-refractivity contribution in [1.82, 2.24) is 14.9 Å².